The average Bonchev–Trinajstić information content (AvgIpc) is 3.35. The summed E-state index contributed by atoms with van der Waals surface area (Å²) in [5, 5.41) is 20.6. The summed E-state index contributed by atoms with van der Waals surface area (Å²) >= 11 is 7.25. The molecule has 3 heterocycles. The Kier molecular flexibility index (Phi) is 8.38. The minimum absolute atomic E-state index is 0.0461. The van der Waals surface area contributed by atoms with E-state index >= 15 is 0 Å². The Labute approximate surface area is 301 Å². The van der Waals surface area contributed by atoms with E-state index in [1.54, 1.807) is 20.1 Å². The Bertz CT molecular complexity index is 1820. The molecule has 51 heavy (non-hydrogen) atoms. The third-order valence-corrected chi connectivity index (χ3v) is 12.9. The van der Waals surface area contributed by atoms with Crippen molar-refractivity contribution in [2.45, 2.75) is 76.1 Å². The summed E-state index contributed by atoms with van der Waals surface area (Å²) in [6.07, 6.45) is 7.56. The van der Waals surface area contributed by atoms with Gasteiger partial charge in [-0.15, -0.1) is 0 Å². The zero-order chi connectivity index (χ0) is 36.0. The Morgan fingerprint density at radius 2 is 1.71 bits per heavy atom. The highest BCUT2D eigenvalue weighted by atomic mass is 35.5. The molecule has 2 saturated heterocycles. The summed E-state index contributed by atoms with van der Waals surface area (Å²) in [5.74, 6) is -1.96. The number of esters is 1. The fourth-order valence-electron chi connectivity index (χ4n) is 10.5. The lowest BCUT2D eigenvalue weighted by Crippen LogP contribution is -2.76. The van der Waals surface area contributed by atoms with Crippen molar-refractivity contribution in [1.82, 2.24) is 4.90 Å². The number of carbonyl (C=O) groups excluding carboxylic acids is 2. The lowest BCUT2D eigenvalue weighted by molar-refractivity contribution is -0.645. The van der Waals surface area contributed by atoms with E-state index in [0.29, 0.717) is 39.8 Å². The first-order valence-corrected chi connectivity index (χ1v) is 18.0. The van der Waals surface area contributed by atoms with Crippen LogP contribution in [0.2, 0.25) is 5.02 Å². The predicted molar refractivity (Wildman–Crippen MR) is 183 cm³/mol. The van der Waals surface area contributed by atoms with Gasteiger partial charge in [-0.2, -0.15) is 4.89 Å². The molecule has 1 spiro atoms. The van der Waals surface area contributed by atoms with Crippen molar-refractivity contribution in [1.29, 1.82) is 0 Å². The normalized spacial score (nSPS) is 35.2. The third kappa shape index (κ3) is 4.88. The molecule has 270 valence electrons. The second-order valence-electron chi connectivity index (χ2n) is 15.1. The minimum atomic E-state index is -1.23. The van der Waals surface area contributed by atoms with Gasteiger partial charge in [-0.3, -0.25) is 4.79 Å². The number of hydrogen-bond donors (Lipinski definition) is 2. The van der Waals surface area contributed by atoms with Gasteiger partial charge in [-0.25, -0.2) is 14.5 Å². The van der Waals surface area contributed by atoms with Crippen molar-refractivity contribution < 1.29 is 48.6 Å². The molecule has 7 aliphatic rings. The summed E-state index contributed by atoms with van der Waals surface area (Å²) in [4.78, 5) is 50.7. The topological polar surface area (TPSA) is 141 Å². The molecular weight excluding hydrogens is 678 g/mol. The number of aliphatic carboxylic acids is 1. The highest BCUT2D eigenvalue weighted by Crippen LogP contribution is 2.70. The number of aliphatic hydroxyl groups is 1. The van der Waals surface area contributed by atoms with E-state index in [-0.39, 0.29) is 41.0 Å². The zero-order valence-corrected chi connectivity index (χ0v) is 29.7. The molecular formula is C39H42ClNO10. The van der Waals surface area contributed by atoms with Gasteiger partial charge >= 0.3 is 11.9 Å². The van der Waals surface area contributed by atoms with E-state index in [1.165, 1.54) is 24.5 Å². The van der Waals surface area contributed by atoms with Crippen LogP contribution in [0.15, 0.2) is 48.2 Å². The highest BCUT2D eigenvalue weighted by Gasteiger charge is 2.77. The number of fused-ring (bicyclic) bond motifs is 1. The highest BCUT2D eigenvalue weighted by molar-refractivity contribution is 6.33. The molecule has 5 atom stereocenters. The first-order valence-electron chi connectivity index (χ1n) is 17.7. The quantitative estimate of drug-likeness (QED) is 0.136. The third-order valence-electron chi connectivity index (χ3n) is 12.6. The van der Waals surface area contributed by atoms with Crippen molar-refractivity contribution in [2.75, 3.05) is 14.2 Å². The van der Waals surface area contributed by atoms with Crippen LogP contribution in [0, 0.1) is 35.5 Å². The van der Waals surface area contributed by atoms with E-state index in [9.17, 15) is 24.6 Å². The van der Waals surface area contributed by atoms with Crippen LogP contribution in [0.5, 0.6) is 5.75 Å². The molecule has 4 bridgehead atoms. The van der Waals surface area contributed by atoms with Gasteiger partial charge in [0.15, 0.2) is 5.60 Å². The number of rotatable bonds is 10. The second kappa shape index (κ2) is 12.4. The number of carbonyl (C=O) groups is 3. The number of aliphatic hydroxyl groups excluding tert-OH is 1. The molecule has 2 aromatic carbocycles. The van der Waals surface area contributed by atoms with Crippen molar-refractivity contribution in [3.8, 4) is 5.75 Å². The van der Waals surface area contributed by atoms with Crippen LogP contribution < -0.4 is 4.74 Å². The van der Waals surface area contributed by atoms with Gasteiger partial charge in [0.05, 0.1) is 30.2 Å². The van der Waals surface area contributed by atoms with Gasteiger partial charge in [0.1, 0.15) is 18.1 Å². The van der Waals surface area contributed by atoms with Gasteiger partial charge < -0.3 is 29.3 Å². The smallest absolute Gasteiger partial charge is 0.352 e. The van der Waals surface area contributed by atoms with Crippen molar-refractivity contribution in [3.63, 3.8) is 0 Å². The maximum absolute atomic E-state index is 12.8. The summed E-state index contributed by atoms with van der Waals surface area (Å²) in [6.45, 7) is 3.54. The van der Waals surface area contributed by atoms with Crippen molar-refractivity contribution in [2.24, 2.45) is 35.5 Å². The fourth-order valence-corrected chi connectivity index (χ4v) is 10.9. The van der Waals surface area contributed by atoms with Crippen LogP contribution in [0.4, 0.5) is 0 Å². The van der Waals surface area contributed by atoms with E-state index in [4.69, 9.17) is 35.6 Å². The number of methoxy groups -OCH3 is 2. The molecule has 4 aliphatic carbocycles. The van der Waals surface area contributed by atoms with Crippen LogP contribution >= 0.6 is 11.6 Å². The summed E-state index contributed by atoms with van der Waals surface area (Å²) in [6, 6.07) is 10.6. The molecule has 0 radical (unpaired) electrons. The SMILES string of the molecule is COC(=O)/C=C/c1ccc(C2(OC)OOC23C2CC4CC(C2)CC3C4)c(Cl)c1OCc1ccc(C2=C(C(=O)O)N3C(=O)[C@H]([C@@H](C)O)[C@H]3[C@H]2C)cc1. The molecule has 9 rings (SSSR count). The number of carboxylic acids is 1. The standard InChI is InChI=1S/C39H42ClNO10/c1-19-30(34(37(45)46)41-33(19)31(20(2)42)36(41)44)24-7-5-21(6-8-24)18-49-35-25(10-12-29(43)47-3)9-11-28(32(35)40)39(48-4)38(50-51-39)26-14-22-13-23(16-26)17-27(38)15-22/h5-12,19-20,22-23,26-27,31,33,42H,13-18H2,1-4H3,(H,45,46)/b12-10+/t19-,20+,22?,23?,26?,27?,31+,33+,38?,39?/m0/s1. The maximum atomic E-state index is 12.8. The molecule has 6 fully saturated rings. The minimum Gasteiger partial charge on any atom is -0.487 e. The average molecular weight is 720 g/mol. The number of halogens is 1. The van der Waals surface area contributed by atoms with Gasteiger partial charge in [-0.05, 0) is 85.5 Å². The van der Waals surface area contributed by atoms with Crippen LogP contribution in [-0.4, -0.2) is 64.9 Å². The molecule has 12 heteroatoms. The monoisotopic (exact) mass is 719 g/mol. The lowest BCUT2D eigenvalue weighted by atomic mass is 9.47. The van der Waals surface area contributed by atoms with Gasteiger partial charge in [0.25, 0.3) is 5.79 Å². The van der Waals surface area contributed by atoms with Crippen molar-refractivity contribution in [3.05, 3.63) is 75.4 Å². The number of ether oxygens (including phenoxy) is 3. The second-order valence-corrected chi connectivity index (χ2v) is 15.5. The van der Waals surface area contributed by atoms with Crippen LogP contribution in [-0.2, 0) is 46.0 Å². The molecule has 1 amide bonds. The molecule has 1 unspecified atom stereocenters. The van der Waals surface area contributed by atoms with Gasteiger partial charge in [0.2, 0.25) is 5.91 Å². The number of β-lactam (4-membered cyclic amide) rings is 1. The van der Waals surface area contributed by atoms with Crippen LogP contribution in [0.3, 0.4) is 0 Å². The molecule has 3 aliphatic heterocycles. The van der Waals surface area contributed by atoms with E-state index < -0.39 is 41.4 Å². The Balaban J connectivity index is 1.10. The fraction of sp³-hybridized carbons (Fsp3) is 0.513. The Hall–Kier alpha value is -3.74. The van der Waals surface area contributed by atoms with Crippen molar-refractivity contribution >= 4 is 41.1 Å². The number of nitrogens with zero attached hydrogens (tertiary/aromatic N) is 1. The summed E-state index contributed by atoms with van der Waals surface area (Å²) < 4.78 is 17.5. The first-order chi connectivity index (χ1) is 24.4. The molecule has 4 saturated carbocycles. The van der Waals surface area contributed by atoms with E-state index in [2.05, 4.69) is 0 Å². The van der Waals surface area contributed by atoms with Crippen LogP contribution in [0.25, 0.3) is 11.6 Å². The molecule has 2 N–H and O–H groups in total. The van der Waals surface area contributed by atoms with Gasteiger partial charge in [0, 0.05) is 30.2 Å². The number of benzene rings is 2. The first kappa shape index (κ1) is 34.4. The summed E-state index contributed by atoms with van der Waals surface area (Å²) in [5.41, 5.74) is 2.44. The van der Waals surface area contributed by atoms with E-state index in [1.807, 2.05) is 43.3 Å². The van der Waals surface area contributed by atoms with Gasteiger partial charge in [-0.1, -0.05) is 54.9 Å². The predicted octanol–water partition coefficient (Wildman–Crippen LogP) is 5.71. The molecule has 11 nitrogen and oxygen atoms in total. The Morgan fingerprint density at radius 3 is 2.25 bits per heavy atom. The number of amides is 1. The zero-order valence-electron chi connectivity index (χ0n) is 29.0. The lowest BCUT2D eigenvalue weighted by Gasteiger charge is -2.68. The maximum Gasteiger partial charge on any atom is 0.352 e. The van der Waals surface area contributed by atoms with Crippen LogP contribution in [0.1, 0.15) is 68.2 Å². The molecule has 0 aromatic heterocycles. The largest absolute Gasteiger partial charge is 0.487 e. The summed E-state index contributed by atoms with van der Waals surface area (Å²) in [7, 11) is 2.93. The Morgan fingerprint density at radius 1 is 1.04 bits per heavy atom. The van der Waals surface area contributed by atoms with E-state index in [0.717, 1.165) is 31.2 Å². The number of carboxylic acid groups (broad SMARTS) is 1. The number of hydrogen-bond acceptors (Lipinski definition) is 9. The molecule has 2 aromatic rings.